The Hall–Kier alpha value is -3.35. The van der Waals surface area contributed by atoms with Crippen molar-refractivity contribution in [2.45, 2.75) is 31.7 Å². The zero-order chi connectivity index (χ0) is 21.1. The molecular formula is C23H25N3O4. The number of imide groups is 1. The lowest BCUT2D eigenvalue weighted by Crippen LogP contribution is -2.34. The summed E-state index contributed by atoms with van der Waals surface area (Å²) in [6, 6.07) is 13.7. The molecule has 4 rings (SSSR count). The second-order valence-electron chi connectivity index (χ2n) is 7.60. The Morgan fingerprint density at radius 1 is 0.933 bits per heavy atom. The summed E-state index contributed by atoms with van der Waals surface area (Å²) in [5.74, 6) is -1.03. The summed E-state index contributed by atoms with van der Waals surface area (Å²) >= 11 is 0. The second-order valence-corrected chi connectivity index (χ2v) is 7.60. The number of ether oxygens (including phenoxy) is 1. The number of rotatable bonds is 5. The first kappa shape index (κ1) is 19.9. The van der Waals surface area contributed by atoms with E-state index in [4.69, 9.17) is 0 Å². The van der Waals surface area contributed by atoms with Crippen LogP contribution in [0.3, 0.4) is 0 Å². The highest BCUT2D eigenvalue weighted by Crippen LogP contribution is 2.27. The van der Waals surface area contributed by atoms with E-state index in [1.54, 1.807) is 24.3 Å². The summed E-state index contributed by atoms with van der Waals surface area (Å²) in [6.45, 7) is 2.15. The largest absolute Gasteiger partial charge is 0.465 e. The van der Waals surface area contributed by atoms with Gasteiger partial charge < -0.3 is 15.0 Å². The number of carbonyl (C=O) groups excluding carboxylic acids is 3. The molecule has 1 atom stereocenters. The van der Waals surface area contributed by atoms with Crippen molar-refractivity contribution in [2.24, 2.45) is 0 Å². The lowest BCUT2D eigenvalue weighted by Gasteiger charge is -2.29. The van der Waals surface area contributed by atoms with Crippen LogP contribution in [0, 0.1) is 0 Å². The van der Waals surface area contributed by atoms with Crippen molar-refractivity contribution in [3.63, 3.8) is 0 Å². The van der Waals surface area contributed by atoms with Crippen LogP contribution in [0.4, 0.5) is 17.1 Å². The normalized spacial score (nSPS) is 19.2. The molecule has 7 nitrogen and oxygen atoms in total. The van der Waals surface area contributed by atoms with Gasteiger partial charge in [-0.15, -0.1) is 0 Å². The maximum atomic E-state index is 12.9. The Balaban J connectivity index is 1.43. The maximum absolute atomic E-state index is 12.9. The zero-order valence-corrected chi connectivity index (χ0v) is 17.0. The van der Waals surface area contributed by atoms with Gasteiger partial charge in [0.05, 0.1) is 24.8 Å². The standard InChI is InChI=1S/C23H25N3O4/c1-30-23(29)16-5-9-19(10-6-16)26-21(27)15-20(22(26)28)24-17-7-11-18(12-8-17)25-13-3-2-4-14-25/h5-12,20,24H,2-4,13-15H2,1H3/t20-/m1/s1. The second kappa shape index (κ2) is 8.57. The van der Waals surface area contributed by atoms with Crippen LogP contribution in [0.15, 0.2) is 48.5 Å². The summed E-state index contributed by atoms with van der Waals surface area (Å²) in [4.78, 5) is 40.5. The number of carbonyl (C=O) groups is 3. The van der Waals surface area contributed by atoms with Gasteiger partial charge in [-0.25, -0.2) is 9.69 Å². The molecule has 2 aliphatic rings. The molecule has 2 saturated heterocycles. The van der Waals surface area contributed by atoms with Crippen LogP contribution in [0.25, 0.3) is 0 Å². The number of nitrogens with one attached hydrogen (secondary N) is 1. The van der Waals surface area contributed by atoms with Crippen LogP contribution < -0.4 is 15.1 Å². The molecule has 30 heavy (non-hydrogen) atoms. The summed E-state index contributed by atoms with van der Waals surface area (Å²) < 4.78 is 4.67. The molecule has 1 N–H and O–H groups in total. The smallest absolute Gasteiger partial charge is 0.337 e. The molecule has 0 aliphatic carbocycles. The van der Waals surface area contributed by atoms with Crippen LogP contribution in [-0.2, 0) is 14.3 Å². The Morgan fingerprint density at radius 3 is 2.20 bits per heavy atom. The quantitative estimate of drug-likeness (QED) is 0.606. The van der Waals surface area contributed by atoms with Gasteiger partial charge in [-0.05, 0) is 67.8 Å². The molecule has 0 unspecified atom stereocenters. The predicted octanol–water partition coefficient (Wildman–Crippen LogP) is 3.21. The minimum atomic E-state index is -0.612. The van der Waals surface area contributed by atoms with Gasteiger partial charge in [-0.2, -0.15) is 0 Å². The number of amides is 2. The van der Waals surface area contributed by atoms with Gasteiger partial charge in [-0.3, -0.25) is 9.59 Å². The van der Waals surface area contributed by atoms with E-state index in [-0.39, 0.29) is 18.2 Å². The van der Waals surface area contributed by atoms with Crippen molar-refractivity contribution in [2.75, 3.05) is 35.3 Å². The van der Waals surface area contributed by atoms with Gasteiger partial charge >= 0.3 is 5.97 Å². The number of piperidine rings is 1. The molecule has 2 aromatic carbocycles. The molecule has 2 heterocycles. The van der Waals surface area contributed by atoms with Crippen LogP contribution in [-0.4, -0.2) is 44.0 Å². The molecule has 156 valence electrons. The lowest BCUT2D eigenvalue weighted by atomic mass is 10.1. The average Bonchev–Trinajstić information content (AvgIpc) is 3.07. The highest BCUT2D eigenvalue weighted by atomic mass is 16.5. The van der Waals surface area contributed by atoms with E-state index in [0.717, 1.165) is 18.8 Å². The molecule has 2 aliphatic heterocycles. The number of esters is 1. The van der Waals surface area contributed by atoms with Crippen molar-refractivity contribution in [1.29, 1.82) is 0 Å². The van der Waals surface area contributed by atoms with Crippen molar-refractivity contribution in [1.82, 2.24) is 0 Å². The fourth-order valence-electron chi connectivity index (χ4n) is 4.00. The number of hydrogen-bond acceptors (Lipinski definition) is 6. The van der Waals surface area contributed by atoms with Crippen LogP contribution >= 0.6 is 0 Å². The molecule has 0 aromatic heterocycles. The molecular weight excluding hydrogens is 382 g/mol. The Labute approximate surface area is 175 Å². The number of hydrogen-bond donors (Lipinski definition) is 1. The number of benzene rings is 2. The van der Waals surface area contributed by atoms with Gasteiger partial charge in [0, 0.05) is 24.5 Å². The molecule has 2 fully saturated rings. The predicted molar refractivity (Wildman–Crippen MR) is 115 cm³/mol. The van der Waals surface area contributed by atoms with Crippen molar-refractivity contribution < 1.29 is 19.1 Å². The summed E-state index contributed by atoms with van der Waals surface area (Å²) in [5, 5.41) is 3.18. The van der Waals surface area contributed by atoms with Crippen LogP contribution in [0.5, 0.6) is 0 Å². The Kier molecular flexibility index (Phi) is 5.70. The Morgan fingerprint density at radius 2 is 1.57 bits per heavy atom. The number of nitrogens with zero attached hydrogens (tertiary/aromatic N) is 2. The first-order valence-electron chi connectivity index (χ1n) is 10.2. The highest BCUT2D eigenvalue weighted by Gasteiger charge is 2.39. The molecule has 2 aromatic rings. The maximum Gasteiger partial charge on any atom is 0.337 e. The number of anilines is 3. The molecule has 0 radical (unpaired) electrons. The minimum Gasteiger partial charge on any atom is -0.465 e. The fraction of sp³-hybridized carbons (Fsp3) is 0.348. The minimum absolute atomic E-state index is 0.0888. The van der Waals surface area contributed by atoms with Crippen molar-refractivity contribution in [3.05, 3.63) is 54.1 Å². The van der Waals surface area contributed by atoms with Gasteiger partial charge in [0.2, 0.25) is 5.91 Å². The van der Waals surface area contributed by atoms with Gasteiger partial charge in [0.15, 0.2) is 0 Å². The van der Waals surface area contributed by atoms with E-state index >= 15 is 0 Å². The SMILES string of the molecule is COC(=O)c1ccc(N2C(=O)C[C@@H](Nc3ccc(N4CCCCC4)cc3)C2=O)cc1. The third kappa shape index (κ3) is 4.01. The van der Waals surface area contributed by atoms with E-state index < -0.39 is 12.0 Å². The highest BCUT2D eigenvalue weighted by molar-refractivity contribution is 6.23. The lowest BCUT2D eigenvalue weighted by molar-refractivity contribution is -0.121. The third-order valence-corrected chi connectivity index (χ3v) is 5.62. The summed E-state index contributed by atoms with van der Waals surface area (Å²) in [5.41, 5.74) is 2.80. The van der Waals surface area contributed by atoms with Crippen molar-refractivity contribution >= 4 is 34.8 Å². The van der Waals surface area contributed by atoms with Crippen LogP contribution in [0.2, 0.25) is 0 Å². The first-order valence-corrected chi connectivity index (χ1v) is 10.2. The molecule has 0 saturated carbocycles. The van der Waals surface area contributed by atoms with E-state index in [1.807, 2.05) is 12.1 Å². The topological polar surface area (TPSA) is 79.0 Å². The molecule has 0 spiro atoms. The van der Waals surface area contributed by atoms with E-state index in [1.165, 1.54) is 37.0 Å². The first-order chi connectivity index (χ1) is 14.6. The van der Waals surface area contributed by atoms with E-state index in [2.05, 4.69) is 27.1 Å². The van der Waals surface area contributed by atoms with Crippen molar-refractivity contribution in [3.8, 4) is 0 Å². The van der Waals surface area contributed by atoms with Crippen LogP contribution in [0.1, 0.15) is 36.0 Å². The fourth-order valence-corrected chi connectivity index (χ4v) is 4.00. The van der Waals surface area contributed by atoms with E-state index in [0.29, 0.717) is 11.3 Å². The average molecular weight is 407 g/mol. The molecule has 7 heteroatoms. The third-order valence-electron chi connectivity index (χ3n) is 5.62. The zero-order valence-electron chi connectivity index (χ0n) is 17.0. The monoisotopic (exact) mass is 407 g/mol. The summed E-state index contributed by atoms with van der Waals surface area (Å²) in [7, 11) is 1.30. The van der Waals surface area contributed by atoms with Gasteiger partial charge in [-0.1, -0.05) is 0 Å². The Bertz CT molecular complexity index is 934. The summed E-state index contributed by atoms with van der Waals surface area (Å²) in [6.07, 6.45) is 3.81. The molecule has 0 bridgehead atoms. The van der Waals surface area contributed by atoms with Gasteiger partial charge in [0.25, 0.3) is 5.91 Å². The molecule has 2 amide bonds. The van der Waals surface area contributed by atoms with E-state index in [9.17, 15) is 14.4 Å². The van der Waals surface area contributed by atoms with Gasteiger partial charge in [0.1, 0.15) is 6.04 Å². The number of methoxy groups -OCH3 is 1.